The fraction of sp³-hybridized carbons (Fsp3) is 0.417. The van der Waals surface area contributed by atoms with Crippen molar-refractivity contribution in [3.05, 3.63) is 24.3 Å². The van der Waals surface area contributed by atoms with E-state index in [0.29, 0.717) is 12.1 Å². The third-order valence-corrected chi connectivity index (χ3v) is 2.79. The molecule has 17 heavy (non-hydrogen) atoms. The average molecular weight is 234 g/mol. The van der Waals surface area contributed by atoms with E-state index in [9.17, 15) is 4.79 Å². The van der Waals surface area contributed by atoms with Gasteiger partial charge >= 0.3 is 0 Å². The largest absolute Gasteiger partial charge is 0.384 e. The molecule has 92 valence electrons. The van der Waals surface area contributed by atoms with E-state index in [2.05, 4.69) is 17.1 Å². The van der Waals surface area contributed by atoms with Crippen LogP contribution in [0.25, 0.3) is 0 Å². The second-order valence-corrected chi connectivity index (χ2v) is 3.99. The molecule has 0 saturated heterocycles. The van der Waals surface area contributed by atoms with Crippen molar-refractivity contribution in [3.8, 4) is 0 Å². The van der Waals surface area contributed by atoms with Gasteiger partial charge in [-0.2, -0.15) is 5.10 Å². The lowest BCUT2D eigenvalue weighted by Gasteiger charge is -2.20. The Labute approximate surface area is 101 Å². The molecule has 0 radical (unpaired) electrons. The second kappa shape index (κ2) is 5.43. The molecular weight excluding hydrogens is 216 g/mol. The minimum absolute atomic E-state index is 0.164. The van der Waals surface area contributed by atoms with Gasteiger partial charge in [-0.1, -0.05) is 31.2 Å². The number of amidine groups is 1. The zero-order valence-electron chi connectivity index (χ0n) is 10.2. The number of hydrogen-bond acceptors (Lipinski definition) is 4. The topological polar surface area (TPSA) is 93.8 Å². The van der Waals surface area contributed by atoms with Crippen molar-refractivity contribution in [2.24, 2.45) is 27.1 Å². The summed E-state index contributed by atoms with van der Waals surface area (Å²) >= 11 is 0. The number of carbonyl (C=O) groups is 1. The Morgan fingerprint density at radius 3 is 2.59 bits per heavy atom. The van der Waals surface area contributed by atoms with Crippen molar-refractivity contribution >= 4 is 17.5 Å². The summed E-state index contributed by atoms with van der Waals surface area (Å²) in [6.07, 6.45) is 9.28. The highest BCUT2D eigenvalue weighted by Crippen LogP contribution is 2.26. The Hall–Kier alpha value is -1.91. The van der Waals surface area contributed by atoms with Crippen LogP contribution in [0.5, 0.6) is 0 Å². The molecule has 5 heteroatoms. The van der Waals surface area contributed by atoms with E-state index in [1.54, 1.807) is 6.92 Å². The van der Waals surface area contributed by atoms with Crippen molar-refractivity contribution in [2.75, 3.05) is 0 Å². The summed E-state index contributed by atoms with van der Waals surface area (Å²) in [6.45, 7) is 3.71. The van der Waals surface area contributed by atoms with Crippen LogP contribution in [0.1, 0.15) is 26.7 Å². The van der Waals surface area contributed by atoms with E-state index in [-0.39, 0.29) is 5.84 Å². The zero-order valence-corrected chi connectivity index (χ0v) is 10.2. The van der Waals surface area contributed by atoms with Gasteiger partial charge in [-0.3, -0.25) is 4.79 Å². The van der Waals surface area contributed by atoms with Crippen LogP contribution in [0.3, 0.4) is 0 Å². The Balaban J connectivity index is 2.71. The smallest absolute Gasteiger partial charge is 0.236 e. The first kappa shape index (κ1) is 13.2. The molecule has 1 heterocycles. The zero-order chi connectivity index (χ0) is 12.9. The highest BCUT2D eigenvalue weighted by molar-refractivity contribution is 6.27. The van der Waals surface area contributed by atoms with Gasteiger partial charge in [0.05, 0.1) is 5.71 Å². The van der Waals surface area contributed by atoms with E-state index in [0.717, 1.165) is 6.42 Å². The van der Waals surface area contributed by atoms with Crippen molar-refractivity contribution in [1.82, 2.24) is 0 Å². The molecule has 0 fully saturated rings. The maximum Gasteiger partial charge on any atom is 0.236 e. The summed E-state index contributed by atoms with van der Waals surface area (Å²) in [5.41, 5.74) is 10.5. The molecule has 1 aliphatic heterocycles. The fourth-order valence-electron chi connectivity index (χ4n) is 1.45. The standard InChI is InChI=1S/C12H18N4O/c1-3-4-5-6-7-8-9-12(2,11(14)17)10(13)16-15-9/h4-7H,3,8H2,1-2H3,(H2,13,16)(H2,14,17). The highest BCUT2D eigenvalue weighted by atomic mass is 16.1. The SMILES string of the molecule is CCC=CC=CCC1=NN=C(N)C1(C)C(N)=O. The Kier molecular flexibility index (Phi) is 4.20. The van der Waals surface area contributed by atoms with Crippen LogP contribution in [0, 0.1) is 5.41 Å². The van der Waals surface area contributed by atoms with E-state index >= 15 is 0 Å². The summed E-state index contributed by atoms with van der Waals surface area (Å²) < 4.78 is 0. The molecule has 0 saturated carbocycles. The first-order valence-electron chi connectivity index (χ1n) is 5.56. The third-order valence-electron chi connectivity index (χ3n) is 2.79. The fourth-order valence-corrected chi connectivity index (χ4v) is 1.45. The van der Waals surface area contributed by atoms with Gasteiger partial charge in [0, 0.05) is 6.42 Å². The van der Waals surface area contributed by atoms with Crippen LogP contribution in [0.4, 0.5) is 0 Å². The maximum atomic E-state index is 11.4. The van der Waals surface area contributed by atoms with Crippen molar-refractivity contribution in [3.63, 3.8) is 0 Å². The lowest BCUT2D eigenvalue weighted by Crippen LogP contribution is -2.48. The summed E-state index contributed by atoms with van der Waals surface area (Å²) in [6, 6.07) is 0. The average Bonchev–Trinajstić information content (AvgIpc) is 2.58. The van der Waals surface area contributed by atoms with Gasteiger partial charge in [0.1, 0.15) is 11.3 Å². The first-order valence-corrected chi connectivity index (χ1v) is 5.56. The highest BCUT2D eigenvalue weighted by Gasteiger charge is 2.43. The molecule has 0 aromatic rings. The van der Waals surface area contributed by atoms with Crippen molar-refractivity contribution in [1.29, 1.82) is 0 Å². The van der Waals surface area contributed by atoms with Crippen LogP contribution in [-0.2, 0) is 4.79 Å². The van der Waals surface area contributed by atoms with Gasteiger partial charge < -0.3 is 11.5 Å². The summed E-state index contributed by atoms with van der Waals surface area (Å²) in [5, 5.41) is 7.65. The molecular formula is C12H18N4O. The van der Waals surface area contributed by atoms with Crippen LogP contribution >= 0.6 is 0 Å². The molecule has 0 aromatic heterocycles. The van der Waals surface area contributed by atoms with Gasteiger partial charge in [-0.25, -0.2) is 0 Å². The first-order chi connectivity index (χ1) is 8.03. The Bertz CT molecular complexity index is 420. The lowest BCUT2D eigenvalue weighted by molar-refractivity contribution is -0.121. The Morgan fingerprint density at radius 1 is 1.35 bits per heavy atom. The second-order valence-electron chi connectivity index (χ2n) is 3.99. The monoisotopic (exact) mass is 234 g/mol. The van der Waals surface area contributed by atoms with E-state index in [1.165, 1.54) is 0 Å². The van der Waals surface area contributed by atoms with Gasteiger partial charge in [-0.15, -0.1) is 5.10 Å². The minimum atomic E-state index is -1.04. The van der Waals surface area contributed by atoms with Crippen LogP contribution in [0.15, 0.2) is 34.5 Å². The van der Waals surface area contributed by atoms with Crippen LogP contribution in [0.2, 0.25) is 0 Å². The number of nitrogens with zero attached hydrogens (tertiary/aromatic N) is 2. The normalized spacial score (nSPS) is 24.4. The molecule has 5 nitrogen and oxygen atoms in total. The van der Waals surface area contributed by atoms with E-state index < -0.39 is 11.3 Å². The number of rotatable bonds is 5. The lowest BCUT2D eigenvalue weighted by atomic mass is 9.82. The van der Waals surface area contributed by atoms with Gasteiger partial charge in [0.25, 0.3) is 0 Å². The number of allylic oxidation sites excluding steroid dienone is 4. The van der Waals surface area contributed by atoms with Gasteiger partial charge in [0.15, 0.2) is 0 Å². The molecule has 0 spiro atoms. The van der Waals surface area contributed by atoms with Gasteiger partial charge in [0.2, 0.25) is 5.91 Å². The molecule has 1 atom stereocenters. The predicted octanol–water partition coefficient (Wildman–Crippen LogP) is 1.12. The molecule has 4 N–H and O–H groups in total. The van der Waals surface area contributed by atoms with Crippen molar-refractivity contribution < 1.29 is 4.79 Å². The van der Waals surface area contributed by atoms with E-state index in [4.69, 9.17) is 11.5 Å². The maximum absolute atomic E-state index is 11.4. The third kappa shape index (κ3) is 2.61. The van der Waals surface area contributed by atoms with Crippen molar-refractivity contribution in [2.45, 2.75) is 26.7 Å². The molecule has 1 aliphatic rings. The summed E-state index contributed by atoms with van der Waals surface area (Å²) in [4.78, 5) is 11.4. The quantitative estimate of drug-likeness (QED) is 0.697. The molecule has 1 amide bonds. The molecule has 1 rings (SSSR count). The summed E-state index contributed by atoms with van der Waals surface area (Å²) in [5.74, 6) is -0.356. The number of hydrogen-bond donors (Lipinski definition) is 2. The molecule has 0 aliphatic carbocycles. The van der Waals surface area contributed by atoms with Crippen LogP contribution < -0.4 is 11.5 Å². The Morgan fingerprint density at radius 2 is 2.00 bits per heavy atom. The minimum Gasteiger partial charge on any atom is -0.384 e. The predicted molar refractivity (Wildman–Crippen MR) is 69.5 cm³/mol. The number of primary amides is 1. The molecule has 0 bridgehead atoms. The number of nitrogens with two attached hydrogens (primary N) is 2. The summed E-state index contributed by atoms with van der Waals surface area (Å²) in [7, 11) is 0. The number of carbonyl (C=O) groups excluding carboxylic acids is 1. The van der Waals surface area contributed by atoms with Gasteiger partial charge in [-0.05, 0) is 13.3 Å². The van der Waals surface area contributed by atoms with E-state index in [1.807, 2.05) is 24.3 Å². The molecule has 1 unspecified atom stereocenters. The van der Waals surface area contributed by atoms with Crippen LogP contribution in [-0.4, -0.2) is 17.5 Å². The number of amides is 1. The molecule has 0 aromatic carbocycles.